The fourth-order valence-corrected chi connectivity index (χ4v) is 3.11. The van der Waals surface area contributed by atoms with Crippen LogP contribution in [0.15, 0.2) is 86.0 Å². The number of hydrogen-bond acceptors (Lipinski definition) is 5. The molecular formula is C21H17N7. The van der Waals surface area contributed by atoms with Crippen LogP contribution in [-0.2, 0) is 6.54 Å². The first-order valence-electron chi connectivity index (χ1n) is 8.92. The van der Waals surface area contributed by atoms with E-state index in [-0.39, 0.29) is 0 Å². The van der Waals surface area contributed by atoms with E-state index in [4.69, 9.17) is 0 Å². The molecule has 0 aliphatic carbocycles. The van der Waals surface area contributed by atoms with Gasteiger partial charge in [-0.05, 0) is 29.8 Å². The molecule has 0 saturated carbocycles. The zero-order valence-corrected chi connectivity index (χ0v) is 15.0. The zero-order valence-electron chi connectivity index (χ0n) is 15.0. The fourth-order valence-electron chi connectivity index (χ4n) is 3.11. The molecule has 7 heteroatoms. The molecule has 0 spiro atoms. The molecule has 0 aliphatic heterocycles. The second kappa shape index (κ2) is 6.96. The first-order valence-corrected chi connectivity index (χ1v) is 8.92. The minimum atomic E-state index is 0.674. The van der Waals surface area contributed by atoms with E-state index in [0.717, 1.165) is 28.5 Å². The summed E-state index contributed by atoms with van der Waals surface area (Å²) in [6.45, 7) is 0.674. The summed E-state index contributed by atoms with van der Waals surface area (Å²) in [5.74, 6) is 0.773. The third-order valence-electron chi connectivity index (χ3n) is 4.56. The van der Waals surface area contributed by atoms with E-state index in [9.17, 15) is 0 Å². The summed E-state index contributed by atoms with van der Waals surface area (Å²) in [5.41, 5.74) is 4.90. The van der Waals surface area contributed by atoms with Crippen molar-refractivity contribution in [3.63, 3.8) is 0 Å². The number of aromatic nitrogens is 6. The lowest BCUT2D eigenvalue weighted by Gasteiger charge is -2.08. The number of hydrogen-bond donors (Lipinski definition) is 1. The van der Waals surface area contributed by atoms with Crippen molar-refractivity contribution in [2.45, 2.75) is 6.54 Å². The molecule has 0 unspecified atom stereocenters. The molecule has 0 atom stereocenters. The number of benzene rings is 1. The highest BCUT2D eigenvalue weighted by Crippen LogP contribution is 2.20. The van der Waals surface area contributed by atoms with Gasteiger partial charge in [-0.2, -0.15) is 0 Å². The van der Waals surface area contributed by atoms with Gasteiger partial charge in [0.1, 0.15) is 17.8 Å². The Hall–Kier alpha value is -4.00. The first-order chi connectivity index (χ1) is 13.9. The number of fused-ring (bicyclic) bond motifs is 1. The van der Waals surface area contributed by atoms with Crippen LogP contribution in [0, 0.1) is 0 Å². The van der Waals surface area contributed by atoms with Gasteiger partial charge in [-0.25, -0.2) is 19.9 Å². The summed E-state index contributed by atoms with van der Waals surface area (Å²) in [6.07, 6.45) is 10.9. The van der Waals surface area contributed by atoms with Crippen molar-refractivity contribution in [3.05, 3.63) is 91.5 Å². The average molecular weight is 367 g/mol. The minimum absolute atomic E-state index is 0.674. The monoisotopic (exact) mass is 367 g/mol. The average Bonchev–Trinajstić information content (AvgIpc) is 3.43. The van der Waals surface area contributed by atoms with Gasteiger partial charge in [0.2, 0.25) is 0 Å². The van der Waals surface area contributed by atoms with E-state index in [2.05, 4.69) is 49.5 Å². The SMILES string of the molecule is c1ccn2c(-c3cc(NCc4ccc(-n5ccnc5)cc4)ncn3)cnc2c1. The van der Waals surface area contributed by atoms with E-state index in [1.165, 1.54) is 5.56 Å². The lowest BCUT2D eigenvalue weighted by atomic mass is 10.2. The Morgan fingerprint density at radius 3 is 2.71 bits per heavy atom. The lowest BCUT2D eigenvalue weighted by Crippen LogP contribution is -2.03. The molecule has 0 amide bonds. The molecule has 1 aromatic carbocycles. The normalized spacial score (nSPS) is 11.0. The molecule has 4 aromatic heterocycles. The highest BCUT2D eigenvalue weighted by molar-refractivity contribution is 5.62. The van der Waals surface area contributed by atoms with Crippen molar-refractivity contribution in [2.75, 3.05) is 5.32 Å². The predicted octanol–water partition coefficient (Wildman–Crippen LogP) is 3.59. The van der Waals surface area contributed by atoms with Crippen molar-refractivity contribution >= 4 is 11.5 Å². The summed E-state index contributed by atoms with van der Waals surface area (Å²) in [4.78, 5) is 17.2. The zero-order chi connectivity index (χ0) is 18.8. The van der Waals surface area contributed by atoms with E-state index in [0.29, 0.717) is 6.54 Å². The number of nitrogens with one attached hydrogen (secondary N) is 1. The molecule has 7 nitrogen and oxygen atoms in total. The van der Waals surface area contributed by atoms with Gasteiger partial charge in [0.15, 0.2) is 0 Å². The number of rotatable bonds is 5. The Kier molecular flexibility index (Phi) is 4.02. The number of anilines is 1. The topological polar surface area (TPSA) is 72.9 Å². The van der Waals surface area contributed by atoms with Crippen LogP contribution >= 0.6 is 0 Å². The smallest absolute Gasteiger partial charge is 0.137 e. The largest absolute Gasteiger partial charge is 0.366 e. The van der Waals surface area contributed by atoms with Crippen LogP contribution in [0.3, 0.4) is 0 Å². The maximum atomic E-state index is 4.42. The van der Waals surface area contributed by atoms with Gasteiger partial charge in [0, 0.05) is 36.9 Å². The Morgan fingerprint density at radius 1 is 0.929 bits per heavy atom. The molecule has 28 heavy (non-hydrogen) atoms. The molecule has 1 N–H and O–H groups in total. The number of nitrogens with zero attached hydrogens (tertiary/aromatic N) is 6. The van der Waals surface area contributed by atoms with Crippen molar-refractivity contribution in [3.8, 4) is 17.1 Å². The van der Waals surface area contributed by atoms with Gasteiger partial charge < -0.3 is 9.88 Å². The van der Waals surface area contributed by atoms with E-state index in [1.54, 1.807) is 18.9 Å². The van der Waals surface area contributed by atoms with E-state index in [1.807, 2.05) is 51.8 Å². The predicted molar refractivity (Wildman–Crippen MR) is 107 cm³/mol. The first kappa shape index (κ1) is 16.2. The molecule has 0 aliphatic rings. The van der Waals surface area contributed by atoms with E-state index >= 15 is 0 Å². The quantitative estimate of drug-likeness (QED) is 0.514. The summed E-state index contributed by atoms with van der Waals surface area (Å²) in [5, 5.41) is 3.37. The van der Waals surface area contributed by atoms with Crippen LogP contribution in [0.2, 0.25) is 0 Å². The Bertz CT molecular complexity index is 1210. The second-order valence-electron chi connectivity index (χ2n) is 6.35. The maximum Gasteiger partial charge on any atom is 0.137 e. The van der Waals surface area contributed by atoms with Crippen molar-refractivity contribution < 1.29 is 0 Å². The molecule has 136 valence electrons. The van der Waals surface area contributed by atoms with Crippen LogP contribution in [-0.4, -0.2) is 28.9 Å². The lowest BCUT2D eigenvalue weighted by molar-refractivity contribution is 1.04. The van der Waals surface area contributed by atoms with Crippen molar-refractivity contribution in [1.29, 1.82) is 0 Å². The van der Waals surface area contributed by atoms with Gasteiger partial charge in [0.25, 0.3) is 0 Å². The third kappa shape index (κ3) is 3.09. The van der Waals surface area contributed by atoms with Crippen LogP contribution in [0.25, 0.3) is 22.7 Å². The highest BCUT2D eigenvalue weighted by atomic mass is 15.0. The molecule has 0 radical (unpaired) electrons. The maximum absolute atomic E-state index is 4.42. The number of imidazole rings is 2. The van der Waals surface area contributed by atoms with Crippen LogP contribution in [0.1, 0.15) is 5.56 Å². The van der Waals surface area contributed by atoms with E-state index < -0.39 is 0 Å². The molecular weight excluding hydrogens is 350 g/mol. The van der Waals surface area contributed by atoms with Crippen LogP contribution in [0.5, 0.6) is 0 Å². The Morgan fingerprint density at radius 2 is 1.86 bits per heavy atom. The molecule has 5 rings (SSSR count). The van der Waals surface area contributed by atoms with Crippen LogP contribution < -0.4 is 5.32 Å². The fraction of sp³-hybridized carbons (Fsp3) is 0.0476. The summed E-state index contributed by atoms with van der Waals surface area (Å²) in [7, 11) is 0. The summed E-state index contributed by atoms with van der Waals surface area (Å²) >= 11 is 0. The minimum Gasteiger partial charge on any atom is -0.366 e. The van der Waals surface area contributed by atoms with Gasteiger partial charge >= 0.3 is 0 Å². The van der Waals surface area contributed by atoms with Crippen LogP contribution in [0.4, 0.5) is 5.82 Å². The molecule has 5 aromatic rings. The van der Waals surface area contributed by atoms with Crippen molar-refractivity contribution in [2.24, 2.45) is 0 Å². The van der Waals surface area contributed by atoms with Gasteiger partial charge in [-0.15, -0.1) is 0 Å². The third-order valence-corrected chi connectivity index (χ3v) is 4.56. The molecule has 0 fully saturated rings. The number of pyridine rings is 1. The summed E-state index contributed by atoms with van der Waals surface area (Å²) < 4.78 is 3.99. The molecule has 4 heterocycles. The Labute approximate surface area is 161 Å². The van der Waals surface area contributed by atoms with Gasteiger partial charge in [0.05, 0.1) is 23.9 Å². The van der Waals surface area contributed by atoms with Crippen molar-refractivity contribution in [1.82, 2.24) is 28.9 Å². The molecule has 0 bridgehead atoms. The second-order valence-corrected chi connectivity index (χ2v) is 6.35. The Balaban J connectivity index is 1.33. The van der Waals surface area contributed by atoms with Gasteiger partial charge in [-0.3, -0.25) is 4.40 Å². The summed E-state index contributed by atoms with van der Waals surface area (Å²) in [6, 6.07) is 16.2. The van der Waals surface area contributed by atoms with Gasteiger partial charge in [-0.1, -0.05) is 18.2 Å². The molecule has 0 saturated heterocycles. The highest BCUT2D eigenvalue weighted by Gasteiger charge is 2.08. The standard InChI is InChI=1S/C21H17N7/c1-2-9-28-19(13-24-21(28)3-1)18-11-20(26-14-25-18)23-12-16-4-6-17(7-5-16)27-10-8-22-15-27/h1-11,13-15H,12H2,(H,23,25,26).